The Morgan fingerprint density at radius 2 is 1.56 bits per heavy atom. The van der Waals surface area contributed by atoms with Crippen molar-refractivity contribution in [3.63, 3.8) is 0 Å². The van der Waals surface area contributed by atoms with Crippen LogP contribution in [-0.4, -0.2) is 69.1 Å². The number of rotatable bonds is 11. The van der Waals surface area contributed by atoms with E-state index in [1.165, 1.54) is 19.3 Å². The lowest BCUT2D eigenvalue weighted by Gasteiger charge is -2.52. The molecule has 0 N–H and O–H groups in total. The van der Waals surface area contributed by atoms with Gasteiger partial charge in [-0.15, -0.1) is 0 Å². The highest BCUT2D eigenvalue weighted by Crippen LogP contribution is 2.53. The van der Waals surface area contributed by atoms with E-state index in [4.69, 9.17) is 33.4 Å². The van der Waals surface area contributed by atoms with Gasteiger partial charge in [0.1, 0.15) is 0 Å². The molecule has 3 aromatic rings. The highest BCUT2D eigenvalue weighted by Gasteiger charge is 2.63. The van der Waals surface area contributed by atoms with Gasteiger partial charge in [-0.25, -0.2) is 9.63 Å². The van der Waals surface area contributed by atoms with Gasteiger partial charge >= 0.3 is 11.9 Å². The Morgan fingerprint density at radius 3 is 2.15 bits per heavy atom. The molecular weight excluding hydrogens is 614 g/mol. The van der Waals surface area contributed by atoms with Crippen molar-refractivity contribution >= 4 is 11.9 Å². The fourth-order valence-corrected chi connectivity index (χ4v) is 8.18. The van der Waals surface area contributed by atoms with Crippen LogP contribution in [0.3, 0.4) is 0 Å². The first-order valence-electron chi connectivity index (χ1n) is 16.6. The summed E-state index contributed by atoms with van der Waals surface area (Å²) < 4.78 is 29.6. The van der Waals surface area contributed by atoms with Gasteiger partial charge in [0.2, 0.25) is 6.29 Å². The number of hydrogen-bond acceptors (Lipinski definition) is 10. The van der Waals surface area contributed by atoms with Gasteiger partial charge in [-0.2, -0.15) is 0 Å². The zero-order valence-electron chi connectivity index (χ0n) is 28.3. The van der Waals surface area contributed by atoms with Crippen molar-refractivity contribution in [1.29, 1.82) is 0 Å². The smallest absolute Gasteiger partial charge is 0.337 e. The summed E-state index contributed by atoms with van der Waals surface area (Å²) in [5, 5.41) is 1.40. The molecule has 0 amide bonds. The lowest BCUT2D eigenvalue weighted by molar-refractivity contribution is -0.473. The summed E-state index contributed by atoms with van der Waals surface area (Å²) in [6.07, 6.45) is 0.718. The van der Waals surface area contributed by atoms with Crippen molar-refractivity contribution in [3.8, 4) is 11.5 Å². The third-order valence-electron chi connectivity index (χ3n) is 10.5. The molecule has 1 unspecified atom stereocenters. The maximum absolute atomic E-state index is 12.9. The molecule has 0 bridgehead atoms. The largest absolute Gasteiger partial charge is 0.493 e. The van der Waals surface area contributed by atoms with Gasteiger partial charge in [-0.05, 0) is 60.9 Å². The number of nitrogens with zero attached hydrogens (tertiary/aromatic N) is 1. The monoisotopic (exact) mass is 659 g/mol. The molecule has 6 atom stereocenters. The van der Waals surface area contributed by atoms with Gasteiger partial charge in [0.15, 0.2) is 23.7 Å². The molecule has 48 heavy (non-hydrogen) atoms. The number of methoxy groups -OCH3 is 3. The topological polar surface area (TPSA) is 102 Å². The number of hydrogen-bond donors (Lipinski definition) is 0. The molecule has 10 nitrogen and oxygen atoms in total. The highest BCUT2D eigenvalue weighted by molar-refractivity contribution is 5.74. The van der Waals surface area contributed by atoms with E-state index in [-0.39, 0.29) is 12.5 Å². The van der Waals surface area contributed by atoms with Gasteiger partial charge < -0.3 is 23.7 Å². The number of hydroxylamine groups is 2. The van der Waals surface area contributed by atoms with E-state index in [0.29, 0.717) is 24.3 Å². The van der Waals surface area contributed by atoms with E-state index in [1.54, 1.807) is 14.2 Å². The van der Waals surface area contributed by atoms with Crippen LogP contribution >= 0.6 is 0 Å². The minimum Gasteiger partial charge on any atom is -0.493 e. The number of esters is 2. The second-order valence-electron chi connectivity index (χ2n) is 12.8. The molecule has 6 rings (SSSR count). The molecule has 2 aliphatic heterocycles. The second kappa shape index (κ2) is 14.3. The third kappa shape index (κ3) is 6.07. The van der Waals surface area contributed by atoms with E-state index in [9.17, 15) is 9.59 Å². The third-order valence-corrected chi connectivity index (χ3v) is 10.5. The average molecular weight is 660 g/mol. The summed E-state index contributed by atoms with van der Waals surface area (Å²) in [4.78, 5) is 38.4. The lowest BCUT2D eigenvalue weighted by Crippen LogP contribution is -2.64. The predicted octanol–water partition coefficient (Wildman–Crippen LogP) is 5.95. The SMILES string of the molecule is CC[C@]1(Cc2ccc(OC)c(OC)c2)[C@@H]2C[C@@H](C(=O)OC)ON2O[C@H](OC2CCCC2(c2ccccc2)c2ccccc2)[C@@H]1OC(C)=O. The summed E-state index contributed by atoms with van der Waals surface area (Å²) in [7, 11) is 4.52. The van der Waals surface area contributed by atoms with Crippen molar-refractivity contribution < 1.29 is 42.9 Å². The van der Waals surface area contributed by atoms with Gasteiger partial charge in [0.05, 0.1) is 33.5 Å². The molecule has 3 aliphatic rings. The molecule has 0 aromatic heterocycles. The van der Waals surface area contributed by atoms with E-state index in [0.717, 1.165) is 36.0 Å². The van der Waals surface area contributed by atoms with E-state index >= 15 is 0 Å². The summed E-state index contributed by atoms with van der Waals surface area (Å²) in [5.74, 6) is 0.225. The second-order valence-corrected chi connectivity index (χ2v) is 12.8. The van der Waals surface area contributed by atoms with Crippen molar-refractivity contribution in [2.24, 2.45) is 5.41 Å². The molecule has 2 heterocycles. The van der Waals surface area contributed by atoms with E-state index in [1.807, 2.05) is 30.3 Å². The summed E-state index contributed by atoms with van der Waals surface area (Å²) in [6.45, 7) is 3.45. The van der Waals surface area contributed by atoms with Gasteiger partial charge in [0, 0.05) is 24.2 Å². The van der Waals surface area contributed by atoms with Gasteiger partial charge in [-0.3, -0.25) is 9.63 Å². The molecule has 2 saturated heterocycles. The van der Waals surface area contributed by atoms with Crippen LogP contribution in [0.25, 0.3) is 0 Å². The number of carbonyl (C=O) groups excluding carboxylic acids is 2. The van der Waals surface area contributed by atoms with Crippen LogP contribution in [0.1, 0.15) is 62.6 Å². The predicted molar refractivity (Wildman–Crippen MR) is 176 cm³/mol. The Morgan fingerprint density at radius 1 is 0.896 bits per heavy atom. The molecule has 3 aromatic carbocycles. The Hall–Kier alpha value is -3.96. The van der Waals surface area contributed by atoms with E-state index in [2.05, 4.69) is 55.5 Å². The molecule has 256 valence electrons. The maximum Gasteiger partial charge on any atom is 0.337 e. The minimum atomic E-state index is -1.04. The van der Waals surface area contributed by atoms with Crippen LogP contribution in [0.15, 0.2) is 78.9 Å². The summed E-state index contributed by atoms with van der Waals surface area (Å²) in [5.41, 5.74) is 1.94. The van der Waals surface area contributed by atoms with Crippen LogP contribution in [0, 0.1) is 5.41 Å². The van der Waals surface area contributed by atoms with Crippen molar-refractivity contribution in [2.75, 3.05) is 21.3 Å². The fraction of sp³-hybridized carbons (Fsp3) is 0.474. The number of benzene rings is 3. The van der Waals surface area contributed by atoms with Crippen LogP contribution in [-0.2, 0) is 45.3 Å². The van der Waals surface area contributed by atoms with E-state index < -0.39 is 47.3 Å². The molecule has 10 heteroatoms. The molecule has 3 fully saturated rings. The van der Waals surface area contributed by atoms with Crippen molar-refractivity contribution in [2.45, 2.75) is 88.4 Å². The zero-order chi connectivity index (χ0) is 33.9. The number of carbonyl (C=O) groups is 2. The molecule has 0 spiro atoms. The normalized spacial score (nSPS) is 28.0. The highest BCUT2D eigenvalue weighted by atomic mass is 17.0. The average Bonchev–Trinajstić information content (AvgIpc) is 3.75. The van der Waals surface area contributed by atoms with Crippen molar-refractivity contribution in [3.05, 3.63) is 95.6 Å². The first-order valence-corrected chi connectivity index (χ1v) is 16.6. The Kier molecular flexibility index (Phi) is 10.1. The number of fused-ring (bicyclic) bond motifs is 1. The Labute approximate surface area is 282 Å². The molecular formula is C38H45NO9. The van der Waals surface area contributed by atoms with Crippen LogP contribution < -0.4 is 9.47 Å². The Bertz CT molecular complexity index is 1530. The maximum atomic E-state index is 12.9. The fourth-order valence-electron chi connectivity index (χ4n) is 8.18. The Balaban J connectivity index is 1.45. The van der Waals surface area contributed by atoms with Gasteiger partial charge in [0.25, 0.3) is 0 Å². The van der Waals surface area contributed by atoms with Crippen LogP contribution in [0.5, 0.6) is 11.5 Å². The number of ether oxygens (including phenoxy) is 5. The summed E-state index contributed by atoms with van der Waals surface area (Å²) >= 11 is 0. The summed E-state index contributed by atoms with van der Waals surface area (Å²) in [6, 6.07) is 26.1. The molecule has 0 radical (unpaired) electrons. The van der Waals surface area contributed by atoms with Crippen LogP contribution in [0.2, 0.25) is 0 Å². The first-order chi connectivity index (χ1) is 23.3. The first kappa shape index (κ1) is 33.9. The molecule has 1 saturated carbocycles. The molecule has 1 aliphatic carbocycles. The standard InChI is InChI=1S/C38H45NO9/c1-6-37(24-26-19-20-29(42-3)30(22-26)43-4)32-23-31(35(41)44-5)47-39(32)48-36(34(37)45-25(2)40)46-33-18-13-21-38(33,27-14-9-7-10-15-27)28-16-11-8-12-17-28/h7-12,14-17,19-20,22,31-34,36H,6,13,18,21,23-24H2,1-5H3/t31-,32-,33?,34-,36-,37-/m0/s1. The zero-order valence-corrected chi connectivity index (χ0v) is 28.3. The van der Waals surface area contributed by atoms with Crippen LogP contribution in [0.4, 0.5) is 0 Å². The lowest BCUT2D eigenvalue weighted by atomic mass is 9.66. The minimum absolute atomic E-state index is 0.277. The van der Waals surface area contributed by atoms with Crippen molar-refractivity contribution in [1.82, 2.24) is 5.23 Å². The van der Waals surface area contributed by atoms with Gasteiger partial charge in [-0.1, -0.05) is 78.9 Å². The quantitative estimate of drug-likeness (QED) is 0.230.